The molecule has 2 aromatic heterocycles. The van der Waals surface area contributed by atoms with Gasteiger partial charge in [-0.2, -0.15) is 4.37 Å². The summed E-state index contributed by atoms with van der Waals surface area (Å²) in [6.07, 6.45) is 0. The molecule has 0 aliphatic carbocycles. The van der Waals surface area contributed by atoms with Crippen LogP contribution in [0.15, 0.2) is 10.9 Å². The van der Waals surface area contributed by atoms with E-state index in [0.717, 1.165) is 17.2 Å². The minimum absolute atomic E-state index is 0.456. The third-order valence-corrected chi connectivity index (χ3v) is 3.77. The first-order valence-electron chi connectivity index (χ1n) is 5.18. The van der Waals surface area contributed by atoms with E-state index in [0.29, 0.717) is 18.2 Å². The number of aromatic nitrogens is 2. The highest BCUT2D eigenvalue weighted by atomic mass is 32.1. The van der Waals surface area contributed by atoms with Crippen molar-refractivity contribution in [2.75, 3.05) is 24.3 Å². The molecule has 0 saturated carbocycles. The van der Waals surface area contributed by atoms with Gasteiger partial charge in [-0.1, -0.05) is 0 Å². The van der Waals surface area contributed by atoms with Gasteiger partial charge >= 0.3 is 0 Å². The lowest BCUT2D eigenvalue weighted by atomic mass is 10.4. The van der Waals surface area contributed by atoms with Crippen LogP contribution in [0.3, 0.4) is 0 Å². The predicted molar refractivity (Wildman–Crippen MR) is 71.9 cm³/mol. The fraction of sp³-hybridized carbons (Fsp3) is 0.400. The van der Waals surface area contributed by atoms with Gasteiger partial charge in [0.1, 0.15) is 0 Å². The van der Waals surface area contributed by atoms with Gasteiger partial charge in [-0.25, -0.2) is 4.98 Å². The summed E-state index contributed by atoms with van der Waals surface area (Å²) in [6.45, 7) is 3.24. The molecule has 5 nitrogen and oxygen atoms in total. The number of hydrogen-bond acceptors (Lipinski definition) is 7. The molecule has 2 heterocycles. The summed E-state index contributed by atoms with van der Waals surface area (Å²) >= 11 is 2.94. The van der Waals surface area contributed by atoms with E-state index in [4.69, 9.17) is 10.5 Å². The van der Waals surface area contributed by atoms with E-state index in [2.05, 4.69) is 9.36 Å². The smallest absolute Gasteiger partial charge is 0.197 e. The Labute approximate surface area is 108 Å². The third-order valence-electron chi connectivity index (χ3n) is 2.18. The van der Waals surface area contributed by atoms with Gasteiger partial charge in [0.05, 0.1) is 24.4 Å². The highest BCUT2D eigenvalue weighted by Crippen LogP contribution is 2.38. The van der Waals surface area contributed by atoms with Crippen LogP contribution in [0.2, 0.25) is 0 Å². The maximum Gasteiger partial charge on any atom is 0.197 e. The molecule has 0 radical (unpaired) electrons. The Balaban J connectivity index is 2.15. The van der Waals surface area contributed by atoms with E-state index in [9.17, 15) is 0 Å². The van der Waals surface area contributed by atoms with Crippen LogP contribution in [0.25, 0.3) is 0 Å². The normalized spacial score (nSPS) is 10.5. The summed E-state index contributed by atoms with van der Waals surface area (Å²) < 4.78 is 9.63. The van der Waals surface area contributed by atoms with Crippen molar-refractivity contribution in [1.82, 2.24) is 9.36 Å². The summed E-state index contributed by atoms with van der Waals surface area (Å²) in [5.41, 5.74) is 8.63. The Morgan fingerprint density at radius 2 is 2.35 bits per heavy atom. The Kier molecular flexibility index (Phi) is 3.80. The topological polar surface area (TPSA) is 64.3 Å². The molecule has 0 atom stereocenters. The minimum Gasteiger partial charge on any atom is -0.487 e. The monoisotopic (exact) mass is 270 g/mol. The molecule has 0 amide bonds. The molecular formula is C10H14N4OS2. The summed E-state index contributed by atoms with van der Waals surface area (Å²) in [5, 5.41) is 2.97. The zero-order valence-electron chi connectivity index (χ0n) is 9.71. The lowest BCUT2D eigenvalue weighted by Gasteiger charge is -2.17. The molecular weight excluding hydrogens is 256 g/mol. The van der Waals surface area contributed by atoms with E-state index in [1.807, 2.05) is 29.8 Å². The number of anilines is 2. The SMILES string of the molecule is CCOc1c(N)nsc1N(C)Cc1cscn1. The molecule has 2 aromatic rings. The van der Waals surface area contributed by atoms with Crippen LogP contribution in [-0.4, -0.2) is 23.0 Å². The van der Waals surface area contributed by atoms with Crippen molar-refractivity contribution < 1.29 is 4.74 Å². The second-order valence-electron chi connectivity index (χ2n) is 3.47. The highest BCUT2D eigenvalue weighted by Gasteiger charge is 2.17. The summed E-state index contributed by atoms with van der Waals surface area (Å²) in [6, 6.07) is 0. The van der Waals surface area contributed by atoms with Gasteiger partial charge < -0.3 is 15.4 Å². The number of thiazole rings is 1. The number of rotatable bonds is 5. The number of nitrogens with zero attached hydrogens (tertiary/aromatic N) is 3. The molecule has 0 bridgehead atoms. The first-order chi connectivity index (χ1) is 8.22. The van der Waals surface area contributed by atoms with Crippen molar-refractivity contribution >= 4 is 33.7 Å². The Bertz CT molecular complexity index is 469. The number of ether oxygens (including phenoxy) is 1. The molecule has 7 heteroatoms. The van der Waals surface area contributed by atoms with Gasteiger partial charge in [0, 0.05) is 12.4 Å². The van der Waals surface area contributed by atoms with Crippen molar-refractivity contribution in [1.29, 1.82) is 0 Å². The molecule has 0 fully saturated rings. The molecule has 0 aliphatic rings. The second-order valence-corrected chi connectivity index (χ2v) is 4.94. The first kappa shape index (κ1) is 12.1. The maximum absolute atomic E-state index is 5.77. The average molecular weight is 270 g/mol. The predicted octanol–water partition coefficient (Wildman–Crippen LogP) is 2.22. The Morgan fingerprint density at radius 1 is 1.53 bits per heavy atom. The largest absolute Gasteiger partial charge is 0.487 e. The Morgan fingerprint density at radius 3 is 3.00 bits per heavy atom. The molecule has 0 saturated heterocycles. The van der Waals surface area contributed by atoms with Gasteiger partial charge in [0.2, 0.25) is 0 Å². The third kappa shape index (κ3) is 2.67. The molecule has 2 N–H and O–H groups in total. The molecule has 2 rings (SSSR count). The van der Waals surface area contributed by atoms with Gasteiger partial charge in [-0.15, -0.1) is 11.3 Å². The van der Waals surface area contributed by atoms with Crippen LogP contribution in [0, 0.1) is 0 Å². The van der Waals surface area contributed by atoms with E-state index in [1.54, 1.807) is 11.3 Å². The molecule has 0 spiro atoms. The van der Waals surface area contributed by atoms with Crippen LogP contribution in [0.1, 0.15) is 12.6 Å². The van der Waals surface area contributed by atoms with Gasteiger partial charge in [-0.3, -0.25) is 0 Å². The van der Waals surface area contributed by atoms with Crippen LogP contribution in [-0.2, 0) is 6.54 Å². The standard InChI is InChI=1S/C10H14N4OS2/c1-3-15-8-9(11)13-17-10(8)14(2)4-7-5-16-6-12-7/h5-6H,3-4H2,1-2H3,(H2,11,13). The molecule has 0 aliphatic heterocycles. The van der Waals surface area contributed by atoms with Crippen molar-refractivity contribution in [3.8, 4) is 5.75 Å². The first-order valence-corrected chi connectivity index (χ1v) is 6.90. The number of nitrogen functional groups attached to an aromatic ring is 1. The fourth-order valence-electron chi connectivity index (χ4n) is 1.44. The van der Waals surface area contributed by atoms with E-state index in [1.165, 1.54) is 11.5 Å². The van der Waals surface area contributed by atoms with Crippen molar-refractivity contribution in [3.63, 3.8) is 0 Å². The van der Waals surface area contributed by atoms with Gasteiger partial charge in [0.15, 0.2) is 16.6 Å². The zero-order valence-corrected chi connectivity index (χ0v) is 11.3. The highest BCUT2D eigenvalue weighted by molar-refractivity contribution is 7.11. The fourth-order valence-corrected chi connectivity index (χ4v) is 2.71. The van der Waals surface area contributed by atoms with Crippen LogP contribution < -0.4 is 15.4 Å². The van der Waals surface area contributed by atoms with Gasteiger partial charge in [0.25, 0.3) is 0 Å². The number of nitrogens with two attached hydrogens (primary N) is 1. The summed E-state index contributed by atoms with van der Waals surface area (Å²) in [4.78, 5) is 6.30. The van der Waals surface area contributed by atoms with Crippen molar-refractivity contribution in [2.45, 2.75) is 13.5 Å². The lowest BCUT2D eigenvalue weighted by Crippen LogP contribution is -2.16. The zero-order chi connectivity index (χ0) is 12.3. The lowest BCUT2D eigenvalue weighted by molar-refractivity contribution is 0.343. The minimum atomic E-state index is 0.456. The van der Waals surface area contributed by atoms with E-state index in [-0.39, 0.29) is 0 Å². The van der Waals surface area contributed by atoms with E-state index < -0.39 is 0 Å². The van der Waals surface area contributed by atoms with E-state index >= 15 is 0 Å². The van der Waals surface area contributed by atoms with Gasteiger partial charge in [-0.05, 0) is 18.5 Å². The van der Waals surface area contributed by atoms with Crippen molar-refractivity contribution in [3.05, 3.63) is 16.6 Å². The summed E-state index contributed by atoms with van der Waals surface area (Å²) in [5.74, 6) is 1.13. The molecule has 17 heavy (non-hydrogen) atoms. The molecule has 0 unspecified atom stereocenters. The maximum atomic E-state index is 5.77. The van der Waals surface area contributed by atoms with Crippen molar-refractivity contribution in [2.24, 2.45) is 0 Å². The van der Waals surface area contributed by atoms with Crippen LogP contribution in [0.4, 0.5) is 10.8 Å². The quantitative estimate of drug-likeness (QED) is 0.902. The Hall–Kier alpha value is -1.34. The number of hydrogen-bond donors (Lipinski definition) is 1. The second kappa shape index (κ2) is 5.33. The molecule has 92 valence electrons. The molecule has 0 aromatic carbocycles. The average Bonchev–Trinajstić information content (AvgIpc) is 2.91. The van der Waals surface area contributed by atoms with Crippen LogP contribution >= 0.6 is 22.9 Å². The summed E-state index contributed by atoms with van der Waals surface area (Å²) in [7, 11) is 1.98. The van der Waals surface area contributed by atoms with Crippen LogP contribution in [0.5, 0.6) is 5.75 Å².